The van der Waals surface area contributed by atoms with E-state index in [0.29, 0.717) is 0 Å². The van der Waals surface area contributed by atoms with Crippen LogP contribution in [0.2, 0.25) is 0 Å². The average Bonchev–Trinajstić information content (AvgIpc) is 2.99. The smallest absolute Gasteiger partial charge is 0.181 e. The molecule has 0 unspecified atom stereocenters. The number of allylic oxidation sites excluding steroid dienone is 2. The number of benzene rings is 2. The Morgan fingerprint density at radius 1 is 0.905 bits per heavy atom. The minimum Gasteiger partial charge on any atom is -0.241 e. The number of aromatic nitrogens is 3. The van der Waals surface area contributed by atoms with E-state index in [2.05, 4.69) is 23.3 Å². The van der Waals surface area contributed by atoms with Crippen LogP contribution in [-0.2, 0) is 6.54 Å². The van der Waals surface area contributed by atoms with Crippen molar-refractivity contribution in [1.82, 2.24) is 14.8 Å². The first-order valence-corrected chi connectivity index (χ1v) is 7.05. The van der Waals surface area contributed by atoms with E-state index in [9.17, 15) is 0 Å². The Bertz CT molecular complexity index is 728. The van der Waals surface area contributed by atoms with Crippen molar-refractivity contribution in [2.24, 2.45) is 0 Å². The fourth-order valence-electron chi connectivity index (χ4n) is 2.18. The molecule has 3 heteroatoms. The van der Waals surface area contributed by atoms with Crippen molar-refractivity contribution in [2.75, 3.05) is 0 Å². The van der Waals surface area contributed by atoms with Crippen LogP contribution in [0.1, 0.15) is 6.92 Å². The third-order valence-corrected chi connectivity index (χ3v) is 3.25. The van der Waals surface area contributed by atoms with Gasteiger partial charge in [0.15, 0.2) is 11.6 Å². The summed E-state index contributed by atoms with van der Waals surface area (Å²) in [5.41, 5.74) is 2.12. The minimum absolute atomic E-state index is 0.723. The number of hydrogen-bond acceptors (Lipinski definition) is 2. The Balaban J connectivity index is 2.07. The summed E-state index contributed by atoms with van der Waals surface area (Å²) in [5.74, 6) is 1.66. The first-order valence-electron chi connectivity index (χ1n) is 7.05. The van der Waals surface area contributed by atoms with Crippen molar-refractivity contribution >= 4 is 0 Å². The van der Waals surface area contributed by atoms with Crippen molar-refractivity contribution in [3.8, 4) is 22.8 Å². The van der Waals surface area contributed by atoms with Crippen molar-refractivity contribution in [1.29, 1.82) is 0 Å². The van der Waals surface area contributed by atoms with Gasteiger partial charge in [-0.1, -0.05) is 72.8 Å². The Hall–Kier alpha value is -2.68. The largest absolute Gasteiger partial charge is 0.241 e. The summed E-state index contributed by atoms with van der Waals surface area (Å²) in [6, 6.07) is 20.2. The molecule has 0 saturated heterocycles. The van der Waals surface area contributed by atoms with Crippen LogP contribution < -0.4 is 0 Å². The molecule has 3 nitrogen and oxygen atoms in total. The second kappa shape index (κ2) is 6.18. The zero-order chi connectivity index (χ0) is 14.5. The third kappa shape index (κ3) is 2.92. The Morgan fingerprint density at radius 3 is 2.14 bits per heavy atom. The fourth-order valence-corrected chi connectivity index (χ4v) is 2.18. The average molecular weight is 275 g/mol. The van der Waals surface area contributed by atoms with Gasteiger partial charge in [0, 0.05) is 11.1 Å². The second-order valence-corrected chi connectivity index (χ2v) is 4.74. The molecule has 0 bridgehead atoms. The molecule has 0 N–H and O–H groups in total. The van der Waals surface area contributed by atoms with E-state index in [-0.39, 0.29) is 0 Å². The van der Waals surface area contributed by atoms with Gasteiger partial charge >= 0.3 is 0 Å². The lowest BCUT2D eigenvalue weighted by atomic mass is 10.2. The van der Waals surface area contributed by atoms with E-state index in [1.807, 2.05) is 66.2 Å². The van der Waals surface area contributed by atoms with Crippen molar-refractivity contribution in [3.63, 3.8) is 0 Å². The maximum absolute atomic E-state index is 4.72. The summed E-state index contributed by atoms with van der Waals surface area (Å²) in [4.78, 5) is 4.72. The van der Waals surface area contributed by atoms with E-state index in [0.717, 1.165) is 29.3 Å². The molecule has 0 aliphatic carbocycles. The van der Waals surface area contributed by atoms with Crippen LogP contribution in [0, 0.1) is 0 Å². The molecule has 0 amide bonds. The van der Waals surface area contributed by atoms with E-state index in [4.69, 9.17) is 4.98 Å². The van der Waals surface area contributed by atoms with Crippen molar-refractivity contribution in [2.45, 2.75) is 13.5 Å². The van der Waals surface area contributed by atoms with E-state index in [1.54, 1.807) is 0 Å². The molecule has 1 heterocycles. The maximum atomic E-state index is 4.72. The summed E-state index contributed by atoms with van der Waals surface area (Å²) < 4.78 is 1.94. The number of hydrogen-bond donors (Lipinski definition) is 0. The summed E-state index contributed by atoms with van der Waals surface area (Å²) in [6.45, 7) is 2.73. The van der Waals surface area contributed by atoms with Gasteiger partial charge in [0.2, 0.25) is 0 Å². The highest BCUT2D eigenvalue weighted by molar-refractivity contribution is 5.61. The third-order valence-electron chi connectivity index (χ3n) is 3.25. The molecule has 3 rings (SSSR count). The molecule has 0 fully saturated rings. The summed E-state index contributed by atoms with van der Waals surface area (Å²) in [5, 5.41) is 4.65. The van der Waals surface area contributed by atoms with Crippen LogP contribution >= 0.6 is 0 Å². The van der Waals surface area contributed by atoms with Crippen LogP contribution in [0.25, 0.3) is 22.8 Å². The maximum Gasteiger partial charge on any atom is 0.181 e. The van der Waals surface area contributed by atoms with Gasteiger partial charge in [-0.15, -0.1) is 0 Å². The van der Waals surface area contributed by atoms with Gasteiger partial charge in [-0.25, -0.2) is 9.67 Å². The predicted octanol–water partition coefficient (Wildman–Crippen LogP) is 4.19. The molecule has 0 aliphatic rings. The predicted molar refractivity (Wildman–Crippen MR) is 85.7 cm³/mol. The van der Waals surface area contributed by atoms with Crippen LogP contribution in [0.4, 0.5) is 0 Å². The van der Waals surface area contributed by atoms with Crippen LogP contribution in [0.5, 0.6) is 0 Å². The standard InChI is InChI=1S/C18H17N3/c1-2-3-14-21-18(16-12-8-5-9-13-16)19-17(20-21)15-10-6-4-7-11-15/h2-13H,14H2,1H3/b3-2-. The Morgan fingerprint density at radius 2 is 1.52 bits per heavy atom. The summed E-state index contributed by atoms with van der Waals surface area (Å²) in [6.07, 6.45) is 4.11. The normalized spacial score (nSPS) is 11.1. The van der Waals surface area contributed by atoms with Crippen LogP contribution in [-0.4, -0.2) is 14.8 Å². The zero-order valence-corrected chi connectivity index (χ0v) is 12.0. The Kier molecular flexibility index (Phi) is 3.92. The molecular weight excluding hydrogens is 258 g/mol. The summed E-state index contributed by atoms with van der Waals surface area (Å²) in [7, 11) is 0. The van der Waals surface area contributed by atoms with Crippen molar-refractivity contribution in [3.05, 3.63) is 72.8 Å². The monoisotopic (exact) mass is 275 g/mol. The second-order valence-electron chi connectivity index (χ2n) is 4.74. The first-order chi connectivity index (χ1) is 10.4. The van der Waals surface area contributed by atoms with Crippen LogP contribution in [0.3, 0.4) is 0 Å². The topological polar surface area (TPSA) is 30.7 Å². The minimum atomic E-state index is 0.723. The van der Waals surface area contributed by atoms with E-state index < -0.39 is 0 Å². The lowest BCUT2D eigenvalue weighted by Gasteiger charge is -2.02. The zero-order valence-electron chi connectivity index (χ0n) is 12.0. The molecule has 0 radical (unpaired) electrons. The fraction of sp³-hybridized carbons (Fsp3) is 0.111. The molecule has 0 aliphatic heterocycles. The molecule has 21 heavy (non-hydrogen) atoms. The van der Waals surface area contributed by atoms with Gasteiger partial charge in [0.25, 0.3) is 0 Å². The highest BCUT2D eigenvalue weighted by Gasteiger charge is 2.12. The molecular formula is C18H17N3. The van der Waals surface area contributed by atoms with Gasteiger partial charge in [0.1, 0.15) is 0 Å². The molecule has 0 spiro atoms. The quantitative estimate of drug-likeness (QED) is 0.668. The van der Waals surface area contributed by atoms with Gasteiger partial charge in [-0.05, 0) is 6.92 Å². The molecule has 0 saturated carbocycles. The molecule has 1 aromatic heterocycles. The Labute approximate surface area is 124 Å². The first kappa shape index (κ1) is 13.3. The highest BCUT2D eigenvalue weighted by Crippen LogP contribution is 2.22. The lowest BCUT2D eigenvalue weighted by molar-refractivity contribution is 0.710. The van der Waals surface area contributed by atoms with Gasteiger partial charge in [-0.2, -0.15) is 5.10 Å². The van der Waals surface area contributed by atoms with Gasteiger partial charge < -0.3 is 0 Å². The highest BCUT2D eigenvalue weighted by atomic mass is 15.3. The molecule has 2 aromatic carbocycles. The number of rotatable bonds is 4. The van der Waals surface area contributed by atoms with E-state index in [1.165, 1.54) is 0 Å². The van der Waals surface area contributed by atoms with E-state index >= 15 is 0 Å². The summed E-state index contributed by atoms with van der Waals surface area (Å²) >= 11 is 0. The van der Waals surface area contributed by atoms with Crippen molar-refractivity contribution < 1.29 is 0 Å². The lowest BCUT2D eigenvalue weighted by Crippen LogP contribution is -2.00. The molecule has 0 atom stereocenters. The molecule has 104 valence electrons. The van der Waals surface area contributed by atoms with Gasteiger partial charge in [0.05, 0.1) is 6.54 Å². The van der Waals surface area contributed by atoms with Crippen LogP contribution in [0.15, 0.2) is 72.8 Å². The SMILES string of the molecule is C/C=C\Cn1nc(-c2ccccc2)nc1-c1ccccc1. The molecule has 3 aromatic rings. The van der Waals surface area contributed by atoms with Gasteiger partial charge in [-0.3, -0.25) is 0 Å². The number of nitrogens with zero attached hydrogens (tertiary/aromatic N) is 3.